The van der Waals surface area contributed by atoms with Gasteiger partial charge in [-0.1, -0.05) is 59.3 Å². The number of ether oxygens (including phenoxy) is 1. The summed E-state index contributed by atoms with van der Waals surface area (Å²) in [5.41, 5.74) is 4.43. The molecule has 1 N–H and O–H groups in total. The first-order valence-electron chi connectivity index (χ1n) is 9.92. The molecule has 30 heavy (non-hydrogen) atoms. The number of rotatable bonds is 6. The Labute approximate surface area is 175 Å². The number of nitrogens with one attached hydrogen (secondary N) is 1. The molecule has 4 aromatic rings. The molecule has 0 spiro atoms. The zero-order valence-electron chi connectivity index (χ0n) is 17.4. The molecular weight excluding hydrogens is 376 g/mol. The molecule has 152 valence electrons. The first kappa shape index (κ1) is 19.7. The van der Waals surface area contributed by atoms with Crippen LogP contribution in [0.4, 0.5) is 0 Å². The number of hydrogen-bond donors (Lipinski definition) is 1. The fourth-order valence-electron chi connectivity index (χ4n) is 3.36. The number of carbonyl (C=O) groups excluding carboxylic acids is 1. The van der Waals surface area contributed by atoms with Crippen LogP contribution in [0.25, 0.3) is 10.8 Å². The average molecular weight is 400 g/mol. The molecule has 1 amide bonds. The molecule has 0 bridgehead atoms. The van der Waals surface area contributed by atoms with Crippen molar-refractivity contribution in [2.75, 3.05) is 0 Å². The zero-order valence-corrected chi connectivity index (χ0v) is 17.4. The summed E-state index contributed by atoms with van der Waals surface area (Å²) in [5.74, 6) is 1.09. The van der Waals surface area contributed by atoms with Gasteiger partial charge in [0, 0.05) is 6.54 Å². The van der Waals surface area contributed by atoms with Gasteiger partial charge in [-0.15, -0.1) is 0 Å². The Morgan fingerprint density at radius 2 is 1.70 bits per heavy atom. The Hall–Kier alpha value is -3.60. The highest BCUT2D eigenvalue weighted by molar-refractivity contribution is 6.01. The SMILES string of the molecule is Cc1ccc(CNC(=O)c2cc3ccccc3cc2OCc2c(C)noc2C)cc1. The van der Waals surface area contributed by atoms with Gasteiger partial charge in [-0.2, -0.15) is 0 Å². The standard InChI is InChI=1S/C25H24N2O3/c1-16-8-10-19(11-9-16)14-26-25(28)22-12-20-6-4-5-7-21(20)13-24(22)29-15-23-17(2)27-30-18(23)3/h4-13H,14-15H2,1-3H3,(H,26,28). The lowest BCUT2D eigenvalue weighted by molar-refractivity contribution is 0.0946. The van der Waals surface area contributed by atoms with Crippen molar-refractivity contribution in [2.45, 2.75) is 33.9 Å². The van der Waals surface area contributed by atoms with Crippen LogP contribution in [0.1, 0.15) is 38.5 Å². The molecule has 0 atom stereocenters. The van der Waals surface area contributed by atoms with Gasteiger partial charge in [0.25, 0.3) is 5.91 Å². The van der Waals surface area contributed by atoms with Crippen LogP contribution < -0.4 is 10.1 Å². The van der Waals surface area contributed by atoms with E-state index in [1.54, 1.807) is 0 Å². The van der Waals surface area contributed by atoms with Crippen LogP contribution in [0, 0.1) is 20.8 Å². The van der Waals surface area contributed by atoms with E-state index in [1.165, 1.54) is 5.56 Å². The molecular formula is C25H24N2O3. The minimum Gasteiger partial charge on any atom is -0.488 e. The second-order valence-electron chi connectivity index (χ2n) is 7.46. The number of fused-ring (bicyclic) bond motifs is 1. The van der Waals surface area contributed by atoms with E-state index in [2.05, 4.69) is 10.5 Å². The summed E-state index contributed by atoms with van der Waals surface area (Å²) in [5, 5.41) is 8.98. The van der Waals surface area contributed by atoms with Crippen LogP contribution >= 0.6 is 0 Å². The highest BCUT2D eigenvalue weighted by Gasteiger charge is 2.16. The Balaban J connectivity index is 1.60. The Morgan fingerprint density at radius 3 is 2.37 bits per heavy atom. The topological polar surface area (TPSA) is 64.4 Å². The molecule has 0 aliphatic rings. The van der Waals surface area contributed by atoms with Crippen molar-refractivity contribution in [3.8, 4) is 5.75 Å². The summed E-state index contributed by atoms with van der Waals surface area (Å²) < 4.78 is 11.3. The van der Waals surface area contributed by atoms with Crippen molar-refractivity contribution >= 4 is 16.7 Å². The van der Waals surface area contributed by atoms with E-state index < -0.39 is 0 Å². The molecule has 0 aliphatic carbocycles. The number of amides is 1. The van der Waals surface area contributed by atoms with E-state index >= 15 is 0 Å². The van der Waals surface area contributed by atoms with Crippen molar-refractivity contribution in [1.82, 2.24) is 10.5 Å². The molecule has 5 heteroatoms. The molecule has 1 aromatic heterocycles. The summed E-state index contributed by atoms with van der Waals surface area (Å²) in [6.45, 7) is 6.52. The normalized spacial score (nSPS) is 10.9. The number of aryl methyl sites for hydroxylation is 3. The first-order valence-corrected chi connectivity index (χ1v) is 9.92. The summed E-state index contributed by atoms with van der Waals surface area (Å²) in [6, 6.07) is 19.8. The maximum atomic E-state index is 13.0. The van der Waals surface area contributed by atoms with Gasteiger partial charge in [0.15, 0.2) is 0 Å². The monoisotopic (exact) mass is 400 g/mol. The number of benzene rings is 3. The third kappa shape index (κ3) is 4.20. The maximum Gasteiger partial charge on any atom is 0.255 e. The summed E-state index contributed by atoms with van der Waals surface area (Å²) in [7, 11) is 0. The summed E-state index contributed by atoms with van der Waals surface area (Å²) in [6.07, 6.45) is 0. The van der Waals surface area contributed by atoms with Gasteiger partial charge in [0.2, 0.25) is 0 Å². The van der Waals surface area contributed by atoms with Crippen LogP contribution in [0.2, 0.25) is 0 Å². The van der Waals surface area contributed by atoms with Gasteiger partial charge in [-0.05, 0) is 49.2 Å². The summed E-state index contributed by atoms with van der Waals surface area (Å²) >= 11 is 0. The van der Waals surface area contributed by atoms with Crippen LogP contribution in [-0.4, -0.2) is 11.1 Å². The maximum absolute atomic E-state index is 13.0. The quantitative estimate of drug-likeness (QED) is 0.479. The molecule has 0 radical (unpaired) electrons. The van der Waals surface area contributed by atoms with Crippen molar-refractivity contribution in [3.63, 3.8) is 0 Å². The van der Waals surface area contributed by atoms with Crippen LogP contribution in [0.15, 0.2) is 65.2 Å². The van der Waals surface area contributed by atoms with Gasteiger partial charge in [-0.3, -0.25) is 4.79 Å². The molecule has 1 heterocycles. The fraction of sp³-hybridized carbons (Fsp3) is 0.200. The lowest BCUT2D eigenvalue weighted by Gasteiger charge is -2.14. The van der Waals surface area contributed by atoms with Crippen LogP contribution in [0.3, 0.4) is 0 Å². The second kappa shape index (κ2) is 8.41. The molecule has 0 saturated heterocycles. The van der Waals surface area contributed by atoms with E-state index in [0.29, 0.717) is 17.9 Å². The van der Waals surface area contributed by atoms with Crippen molar-refractivity contribution < 1.29 is 14.1 Å². The van der Waals surface area contributed by atoms with Gasteiger partial charge in [0.1, 0.15) is 18.1 Å². The van der Waals surface area contributed by atoms with Gasteiger partial charge in [-0.25, -0.2) is 0 Å². The van der Waals surface area contributed by atoms with Crippen LogP contribution in [0.5, 0.6) is 5.75 Å². The van der Waals surface area contributed by atoms with Crippen molar-refractivity contribution in [1.29, 1.82) is 0 Å². The highest BCUT2D eigenvalue weighted by atomic mass is 16.5. The molecule has 0 saturated carbocycles. The number of nitrogens with zero attached hydrogens (tertiary/aromatic N) is 1. The number of hydrogen-bond acceptors (Lipinski definition) is 4. The van der Waals surface area contributed by atoms with Crippen LogP contribution in [-0.2, 0) is 13.2 Å². The highest BCUT2D eigenvalue weighted by Crippen LogP contribution is 2.28. The summed E-state index contributed by atoms with van der Waals surface area (Å²) in [4.78, 5) is 13.0. The van der Waals surface area contributed by atoms with Crippen molar-refractivity contribution in [2.24, 2.45) is 0 Å². The fourth-order valence-corrected chi connectivity index (χ4v) is 3.36. The third-order valence-corrected chi connectivity index (χ3v) is 5.22. The van der Waals surface area contributed by atoms with Crippen molar-refractivity contribution in [3.05, 3.63) is 94.4 Å². The Kier molecular flexibility index (Phi) is 5.53. The van der Waals surface area contributed by atoms with E-state index in [0.717, 1.165) is 33.4 Å². The van der Waals surface area contributed by atoms with E-state index in [-0.39, 0.29) is 12.5 Å². The number of carbonyl (C=O) groups is 1. The third-order valence-electron chi connectivity index (χ3n) is 5.22. The van der Waals surface area contributed by atoms with E-state index in [1.807, 2.05) is 81.4 Å². The molecule has 4 rings (SSSR count). The lowest BCUT2D eigenvalue weighted by atomic mass is 10.0. The first-order chi connectivity index (χ1) is 14.5. The zero-order chi connectivity index (χ0) is 21.1. The Bertz CT molecular complexity index is 1170. The lowest BCUT2D eigenvalue weighted by Crippen LogP contribution is -2.23. The molecule has 5 nitrogen and oxygen atoms in total. The van der Waals surface area contributed by atoms with Gasteiger partial charge >= 0.3 is 0 Å². The Morgan fingerprint density at radius 1 is 1.00 bits per heavy atom. The minimum absolute atomic E-state index is 0.171. The number of aromatic nitrogens is 1. The van der Waals surface area contributed by atoms with E-state index in [9.17, 15) is 4.79 Å². The van der Waals surface area contributed by atoms with Gasteiger partial charge in [0.05, 0.1) is 16.8 Å². The largest absolute Gasteiger partial charge is 0.488 e. The molecule has 0 unspecified atom stereocenters. The van der Waals surface area contributed by atoms with Gasteiger partial charge < -0.3 is 14.6 Å². The second-order valence-corrected chi connectivity index (χ2v) is 7.46. The predicted molar refractivity (Wildman–Crippen MR) is 117 cm³/mol. The molecule has 0 fully saturated rings. The molecule has 0 aliphatic heterocycles. The smallest absolute Gasteiger partial charge is 0.255 e. The minimum atomic E-state index is -0.171. The average Bonchev–Trinajstić information content (AvgIpc) is 3.08. The van der Waals surface area contributed by atoms with E-state index in [4.69, 9.17) is 9.26 Å². The molecule has 3 aromatic carbocycles. The predicted octanol–water partition coefficient (Wildman–Crippen LogP) is 5.26.